The number of ether oxygens (including phenoxy) is 2. The van der Waals surface area contributed by atoms with E-state index < -0.39 is 11.8 Å². The number of rotatable bonds is 7. The monoisotopic (exact) mass is 687 g/mol. The molecule has 1 saturated heterocycles. The predicted molar refractivity (Wildman–Crippen MR) is 181 cm³/mol. The van der Waals surface area contributed by atoms with Crippen LogP contribution in [0.1, 0.15) is 28.3 Å². The van der Waals surface area contributed by atoms with Gasteiger partial charge in [-0.05, 0) is 85.7 Å². The number of halogens is 1. The van der Waals surface area contributed by atoms with E-state index in [-0.39, 0.29) is 58.1 Å². The van der Waals surface area contributed by atoms with E-state index in [1.807, 2.05) is 37.3 Å². The molecule has 2 aliphatic carbocycles. The number of methoxy groups -OCH3 is 1. The van der Waals surface area contributed by atoms with Gasteiger partial charge in [-0.25, -0.2) is 0 Å². The Bertz CT molecular complexity index is 1980. The van der Waals surface area contributed by atoms with Gasteiger partial charge in [-0.2, -0.15) is 0 Å². The molecule has 0 radical (unpaired) electrons. The number of hydrogen-bond acceptors (Lipinski definition) is 8. The molecule has 3 heterocycles. The average Bonchev–Trinajstić information content (AvgIpc) is 3.80. The summed E-state index contributed by atoms with van der Waals surface area (Å²) >= 11 is 9.36. The summed E-state index contributed by atoms with van der Waals surface area (Å²) in [6.45, 7) is 1.75. The molecule has 8 rings (SSSR count). The number of thiazole rings is 1. The lowest BCUT2D eigenvalue weighted by Gasteiger charge is -2.43. The van der Waals surface area contributed by atoms with E-state index in [0.29, 0.717) is 27.9 Å². The minimum Gasteiger partial charge on any atom is -0.497 e. The number of benzene rings is 3. The predicted octanol–water partition coefficient (Wildman–Crippen LogP) is 6.10. The third kappa shape index (κ3) is 4.98. The summed E-state index contributed by atoms with van der Waals surface area (Å²) in [5, 5.41) is 4.14. The number of hydrogen-bond donors (Lipinski definition) is 2. The van der Waals surface area contributed by atoms with Gasteiger partial charge in [0.2, 0.25) is 11.8 Å². The van der Waals surface area contributed by atoms with Gasteiger partial charge in [-0.15, -0.1) is 11.8 Å². The van der Waals surface area contributed by atoms with Crippen LogP contribution in [0.15, 0.2) is 76.6 Å². The molecule has 240 valence electrons. The third-order valence-electron chi connectivity index (χ3n) is 10.1. The number of carbonyl (C=O) groups is 3. The Morgan fingerprint density at radius 1 is 1.00 bits per heavy atom. The highest BCUT2D eigenvalue weighted by Crippen LogP contribution is 2.69. The molecule has 2 N–H and O–H groups in total. The van der Waals surface area contributed by atoms with Crippen molar-refractivity contribution < 1.29 is 23.9 Å². The van der Waals surface area contributed by atoms with Gasteiger partial charge in [0.15, 0.2) is 6.61 Å². The highest BCUT2D eigenvalue weighted by atomic mass is 35.5. The molecule has 47 heavy (non-hydrogen) atoms. The van der Waals surface area contributed by atoms with Gasteiger partial charge in [0.05, 0.1) is 29.7 Å². The summed E-state index contributed by atoms with van der Waals surface area (Å²) in [5.74, 6) is -0.895. The van der Waals surface area contributed by atoms with Crippen LogP contribution in [0, 0.1) is 36.5 Å². The lowest BCUT2D eigenvalue weighted by molar-refractivity contribution is -0.123. The first kappa shape index (κ1) is 30.3. The lowest BCUT2D eigenvalue weighted by atomic mass is 9.68. The molecule has 4 aromatic rings. The second-order valence-corrected chi connectivity index (χ2v) is 15.2. The van der Waals surface area contributed by atoms with Crippen molar-refractivity contribution in [2.75, 3.05) is 23.9 Å². The molecule has 4 aliphatic rings. The molecular weight excluding hydrogens is 658 g/mol. The SMILES string of the molecule is COc1ccc(N2C(=O)C3C4CC(C3C2=O)C2C4Sc3[nH]c(=O)sc3[C@@H]2c2cc(Cl)ccc2OCC(=O)Nc2ccc(C)cc2)cc1. The molecule has 3 fully saturated rings. The zero-order valence-corrected chi connectivity index (χ0v) is 27.8. The Labute approximate surface area is 283 Å². The highest BCUT2D eigenvalue weighted by molar-refractivity contribution is 8.00. The topological polar surface area (TPSA) is 118 Å². The highest BCUT2D eigenvalue weighted by Gasteiger charge is 2.69. The van der Waals surface area contributed by atoms with Gasteiger partial charge in [0, 0.05) is 32.3 Å². The van der Waals surface area contributed by atoms with Crippen LogP contribution < -0.4 is 24.6 Å². The number of nitrogens with one attached hydrogen (secondary N) is 2. The Kier molecular flexibility index (Phi) is 7.46. The summed E-state index contributed by atoms with van der Waals surface area (Å²) in [4.78, 5) is 58.8. The van der Waals surface area contributed by atoms with E-state index in [2.05, 4.69) is 10.3 Å². The Balaban J connectivity index is 1.13. The summed E-state index contributed by atoms with van der Waals surface area (Å²) < 4.78 is 11.4. The fraction of sp³-hybridized carbons (Fsp3) is 0.314. The van der Waals surface area contributed by atoms with Crippen LogP contribution in [0.5, 0.6) is 11.5 Å². The third-order valence-corrected chi connectivity index (χ3v) is 12.9. The van der Waals surface area contributed by atoms with Crippen LogP contribution in [-0.2, 0) is 14.4 Å². The van der Waals surface area contributed by atoms with E-state index in [9.17, 15) is 19.2 Å². The van der Waals surface area contributed by atoms with Crippen LogP contribution >= 0.6 is 34.7 Å². The Morgan fingerprint density at radius 3 is 2.45 bits per heavy atom. The number of thioether (sulfide) groups is 1. The number of nitrogens with zero attached hydrogens (tertiary/aromatic N) is 1. The van der Waals surface area contributed by atoms with Crippen molar-refractivity contribution in [2.24, 2.45) is 29.6 Å². The van der Waals surface area contributed by atoms with E-state index in [1.165, 1.54) is 4.90 Å². The van der Waals surface area contributed by atoms with Crippen LogP contribution in [0.3, 0.4) is 0 Å². The molecule has 12 heteroatoms. The second-order valence-electron chi connectivity index (χ2n) is 12.6. The summed E-state index contributed by atoms with van der Waals surface area (Å²) in [5.41, 5.74) is 3.06. The maximum Gasteiger partial charge on any atom is 0.305 e. The Morgan fingerprint density at radius 2 is 1.72 bits per heavy atom. The molecule has 7 atom stereocenters. The maximum atomic E-state index is 14.1. The van der Waals surface area contributed by atoms with E-state index >= 15 is 0 Å². The number of fused-ring (bicyclic) bond motifs is 9. The zero-order valence-electron chi connectivity index (χ0n) is 25.4. The number of aromatic nitrogens is 1. The summed E-state index contributed by atoms with van der Waals surface area (Å²) in [6.07, 6.45) is 0.747. The van der Waals surface area contributed by atoms with E-state index in [0.717, 1.165) is 38.8 Å². The molecule has 1 aromatic heterocycles. The smallest absolute Gasteiger partial charge is 0.305 e. The van der Waals surface area contributed by atoms with Gasteiger partial charge >= 0.3 is 4.87 Å². The second kappa shape index (κ2) is 11.6. The Hall–Kier alpha value is -4.06. The van der Waals surface area contributed by atoms with Crippen molar-refractivity contribution in [1.29, 1.82) is 0 Å². The molecule has 2 bridgehead atoms. The fourth-order valence-electron chi connectivity index (χ4n) is 8.22. The fourth-order valence-corrected chi connectivity index (χ4v) is 11.3. The van der Waals surface area contributed by atoms with Crippen molar-refractivity contribution in [2.45, 2.75) is 29.5 Å². The van der Waals surface area contributed by atoms with Crippen molar-refractivity contribution in [3.05, 3.63) is 97.4 Å². The van der Waals surface area contributed by atoms with Gasteiger partial charge in [0.1, 0.15) is 11.5 Å². The zero-order chi connectivity index (χ0) is 32.6. The lowest BCUT2D eigenvalue weighted by Crippen LogP contribution is -2.42. The van der Waals surface area contributed by atoms with Gasteiger partial charge in [0.25, 0.3) is 5.91 Å². The van der Waals surface area contributed by atoms with Crippen molar-refractivity contribution in [3.8, 4) is 11.5 Å². The van der Waals surface area contributed by atoms with Gasteiger partial charge in [-0.3, -0.25) is 24.1 Å². The number of H-pyrrole nitrogens is 1. The first-order valence-electron chi connectivity index (χ1n) is 15.4. The molecule has 9 nitrogen and oxygen atoms in total. The molecular formula is C35H30ClN3O6S2. The first-order chi connectivity index (χ1) is 22.7. The molecule has 6 unspecified atom stereocenters. The molecule has 3 aromatic carbocycles. The van der Waals surface area contributed by atoms with Crippen LogP contribution in [0.25, 0.3) is 0 Å². The molecule has 0 spiro atoms. The summed E-state index contributed by atoms with van der Waals surface area (Å²) in [6, 6.07) is 19.8. The number of carbonyl (C=O) groups excluding carboxylic acids is 3. The number of amides is 3. The van der Waals surface area contributed by atoms with Crippen LogP contribution in [0.4, 0.5) is 11.4 Å². The minimum atomic E-state index is -0.458. The summed E-state index contributed by atoms with van der Waals surface area (Å²) in [7, 11) is 1.57. The quantitative estimate of drug-likeness (QED) is 0.226. The van der Waals surface area contributed by atoms with Crippen molar-refractivity contribution in [1.82, 2.24) is 4.98 Å². The van der Waals surface area contributed by atoms with Crippen molar-refractivity contribution in [3.63, 3.8) is 0 Å². The molecule has 2 saturated carbocycles. The molecule has 3 amide bonds. The average molecular weight is 688 g/mol. The first-order valence-corrected chi connectivity index (χ1v) is 17.5. The number of aryl methyl sites for hydroxylation is 1. The van der Waals surface area contributed by atoms with Crippen molar-refractivity contribution >= 4 is 63.8 Å². The number of imide groups is 1. The number of aromatic amines is 1. The van der Waals surface area contributed by atoms with Crippen LogP contribution in [0.2, 0.25) is 5.02 Å². The largest absolute Gasteiger partial charge is 0.497 e. The van der Waals surface area contributed by atoms with Gasteiger partial charge < -0.3 is 19.8 Å². The van der Waals surface area contributed by atoms with E-state index in [1.54, 1.807) is 55.3 Å². The van der Waals surface area contributed by atoms with E-state index in [4.69, 9.17) is 21.1 Å². The maximum absolute atomic E-state index is 14.1. The van der Waals surface area contributed by atoms with Gasteiger partial charge in [-0.1, -0.05) is 40.6 Å². The molecule has 2 aliphatic heterocycles. The standard InChI is InChI=1S/C35H30ClN3O6S2/c1-16-3-6-18(7-4-16)37-25(40)15-45-24-12-5-17(36)13-21(24)26-27-22-14-23(30(27)46-32-31(26)47-35(43)38-32)29-28(22)33(41)39(34(29)42)19-8-10-20(44-2)11-9-19/h3-13,22-23,26-30H,14-15H2,1-2H3,(H,37,40)(H,38,43)/t22?,23?,26-,27?,28?,29?,30?/m1/s1. The number of anilines is 2. The normalized spacial score (nSPS) is 27.0. The minimum absolute atomic E-state index is 0.00626. The van der Waals surface area contributed by atoms with Crippen LogP contribution in [-0.4, -0.2) is 41.7 Å².